The Hall–Kier alpha value is -2.74. The zero-order valence-electron chi connectivity index (χ0n) is 23.3. The summed E-state index contributed by atoms with van der Waals surface area (Å²) in [7, 11) is 0. The second-order valence-corrected chi connectivity index (χ2v) is 11.2. The number of allylic oxidation sites excluding steroid dienone is 2. The smallest absolute Gasteiger partial charge is 0.166 e. The molecule has 0 nitrogen and oxygen atoms in total. The van der Waals surface area contributed by atoms with Gasteiger partial charge in [-0.15, -0.1) is 0 Å². The van der Waals surface area contributed by atoms with Crippen LogP contribution in [0, 0.1) is 17.6 Å². The lowest BCUT2D eigenvalue weighted by atomic mass is 9.77. The fourth-order valence-electron chi connectivity index (χ4n) is 5.95. The number of rotatable bonds is 12. The van der Waals surface area contributed by atoms with Crippen molar-refractivity contribution in [3.63, 3.8) is 0 Å². The largest absolute Gasteiger partial charge is 0.203 e. The molecule has 0 heterocycles. The van der Waals surface area contributed by atoms with Gasteiger partial charge < -0.3 is 0 Å². The minimum absolute atomic E-state index is 0.343. The van der Waals surface area contributed by atoms with E-state index in [9.17, 15) is 8.78 Å². The molecule has 1 fully saturated rings. The van der Waals surface area contributed by atoms with Gasteiger partial charge in [0, 0.05) is 5.56 Å². The van der Waals surface area contributed by atoms with Gasteiger partial charge in [-0.2, -0.15) is 0 Å². The molecule has 3 aromatic carbocycles. The van der Waals surface area contributed by atoms with Gasteiger partial charge in [0.2, 0.25) is 0 Å². The summed E-state index contributed by atoms with van der Waals surface area (Å²) in [6.45, 7) is 4.22. The number of aryl methyl sites for hydroxylation is 3. The highest BCUT2D eigenvalue weighted by atomic mass is 19.2. The summed E-state index contributed by atoms with van der Waals surface area (Å²) in [5, 5.41) is 0. The van der Waals surface area contributed by atoms with Crippen molar-refractivity contribution < 1.29 is 8.78 Å². The van der Waals surface area contributed by atoms with E-state index in [0.717, 1.165) is 43.6 Å². The molecule has 0 bridgehead atoms. The van der Waals surface area contributed by atoms with Gasteiger partial charge in [-0.25, -0.2) is 8.78 Å². The number of hydrogen-bond donors (Lipinski definition) is 0. The number of halogens is 2. The molecule has 38 heavy (non-hydrogen) atoms. The lowest BCUT2D eigenvalue weighted by Gasteiger charge is -2.28. The molecule has 1 aliphatic rings. The average molecular weight is 515 g/mol. The second-order valence-electron chi connectivity index (χ2n) is 11.2. The summed E-state index contributed by atoms with van der Waals surface area (Å²) in [5.74, 6) is 0.196. The van der Waals surface area contributed by atoms with Crippen molar-refractivity contribution in [2.24, 2.45) is 5.92 Å². The first kappa shape index (κ1) is 28.3. The maximum atomic E-state index is 14.8. The van der Waals surface area contributed by atoms with E-state index in [4.69, 9.17) is 0 Å². The Balaban J connectivity index is 1.28. The second kappa shape index (κ2) is 14.4. The van der Waals surface area contributed by atoms with Crippen LogP contribution in [0.4, 0.5) is 8.78 Å². The summed E-state index contributed by atoms with van der Waals surface area (Å²) < 4.78 is 29.4. The molecule has 0 spiro atoms. The van der Waals surface area contributed by atoms with Crippen molar-refractivity contribution in [3.05, 3.63) is 107 Å². The molecule has 0 aromatic heterocycles. The zero-order chi connectivity index (χ0) is 26.7. The molecular formula is C36H44F2. The van der Waals surface area contributed by atoms with E-state index < -0.39 is 11.6 Å². The third-order valence-corrected chi connectivity index (χ3v) is 8.45. The van der Waals surface area contributed by atoms with Crippen molar-refractivity contribution in [1.29, 1.82) is 0 Å². The molecule has 0 aliphatic heterocycles. The number of unbranched alkanes of at least 4 members (excludes halogenated alkanes) is 2. The molecule has 202 valence electrons. The van der Waals surface area contributed by atoms with E-state index in [-0.39, 0.29) is 0 Å². The van der Waals surface area contributed by atoms with Crippen molar-refractivity contribution in [2.45, 2.75) is 96.8 Å². The Kier molecular flexibility index (Phi) is 10.7. The van der Waals surface area contributed by atoms with Crippen LogP contribution in [-0.2, 0) is 19.3 Å². The summed E-state index contributed by atoms with van der Waals surface area (Å²) in [5.41, 5.74) is 5.61. The lowest BCUT2D eigenvalue weighted by molar-refractivity contribution is 0.312. The van der Waals surface area contributed by atoms with Crippen LogP contribution in [0.3, 0.4) is 0 Å². The predicted octanol–water partition coefficient (Wildman–Crippen LogP) is 10.8. The molecule has 0 N–H and O–H groups in total. The van der Waals surface area contributed by atoms with Crippen LogP contribution >= 0.6 is 0 Å². The number of hydrogen-bond acceptors (Lipinski definition) is 0. The minimum Gasteiger partial charge on any atom is -0.203 e. The molecule has 1 saturated carbocycles. The molecule has 1 aliphatic carbocycles. The summed E-state index contributed by atoms with van der Waals surface area (Å²) in [6.07, 6.45) is 17.9. The van der Waals surface area contributed by atoms with E-state index in [0.29, 0.717) is 23.5 Å². The molecule has 4 rings (SSSR count). The third kappa shape index (κ3) is 7.65. The standard InChI is InChI=1S/C36H44F2/c1-3-5-7-9-27-13-19-30(20-14-27)31-21-15-28(16-22-31)11-12-29-17-23-32(24-18-29)34-26-25-33(10-8-6-4-2)35(37)36(34)38/h3,5,15-18,21-27,30H,4,6-14,19-20H2,1-2H3/b5-3+. The van der Waals surface area contributed by atoms with Crippen molar-refractivity contribution in [1.82, 2.24) is 0 Å². The first-order chi connectivity index (χ1) is 18.6. The zero-order valence-corrected chi connectivity index (χ0v) is 23.3. The highest BCUT2D eigenvalue weighted by molar-refractivity contribution is 5.65. The Morgan fingerprint density at radius 2 is 1.39 bits per heavy atom. The Labute approximate surface area is 229 Å². The lowest BCUT2D eigenvalue weighted by Crippen LogP contribution is -2.13. The van der Waals surface area contributed by atoms with Crippen LogP contribution in [0.5, 0.6) is 0 Å². The van der Waals surface area contributed by atoms with Crippen LogP contribution in [0.15, 0.2) is 72.8 Å². The van der Waals surface area contributed by atoms with Crippen molar-refractivity contribution in [2.75, 3.05) is 0 Å². The molecule has 0 unspecified atom stereocenters. The van der Waals surface area contributed by atoms with Gasteiger partial charge in [-0.3, -0.25) is 0 Å². The quantitative estimate of drug-likeness (QED) is 0.166. The van der Waals surface area contributed by atoms with Crippen LogP contribution in [-0.4, -0.2) is 0 Å². The van der Waals surface area contributed by atoms with Gasteiger partial charge in [0.1, 0.15) is 0 Å². The van der Waals surface area contributed by atoms with Gasteiger partial charge in [0.05, 0.1) is 0 Å². The SMILES string of the molecule is C/C=C/CCC1CCC(c2ccc(CCc3ccc(-c4ccc(CCCCC)c(F)c4F)cc3)cc2)CC1. The Morgan fingerprint density at radius 3 is 2.03 bits per heavy atom. The first-order valence-electron chi connectivity index (χ1n) is 14.8. The van der Waals surface area contributed by atoms with Gasteiger partial charge >= 0.3 is 0 Å². The Bertz CT molecular complexity index is 1150. The van der Waals surface area contributed by atoms with Gasteiger partial charge in [-0.1, -0.05) is 92.6 Å². The topological polar surface area (TPSA) is 0 Å². The molecule has 3 aromatic rings. The van der Waals surface area contributed by atoms with Crippen LogP contribution < -0.4 is 0 Å². The fourth-order valence-corrected chi connectivity index (χ4v) is 5.95. The predicted molar refractivity (Wildman–Crippen MR) is 158 cm³/mol. The Morgan fingerprint density at radius 1 is 0.737 bits per heavy atom. The highest BCUT2D eigenvalue weighted by Crippen LogP contribution is 2.37. The van der Waals surface area contributed by atoms with Crippen LogP contribution in [0.25, 0.3) is 11.1 Å². The monoisotopic (exact) mass is 514 g/mol. The van der Waals surface area contributed by atoms with Crippen molar-refractivity contribution >= 4 is 0 Å². The average Bonchev–Trinajstić information content (AvgIpc) is 2.96. The summed E-state index contributed by atoms with van der Waals surface area (Å²) >= 11 is 0. The maximum absolute atomic E-state index is 14.8. The summed E-state index contributed by atoms with van der Waals surface area (Å²) in [4.78, 5) is 0. The first-order valence-corrected chi connectivity index (χ1v) is 14.8. The van der Waals surface area contributed by atoms with E-state index >= 15 is 0 Å². The van der Waals surface area contributed by atoms with Gasteiger partial charge in [0.15, 0.2) is 11.6 Å². The third-order valence-electron chi connectivity index (χ3n) is 8.45. The van der Waals surface area contributed by atoms with E-state index in [1.54, 1.807) is 12.1 Å². The molecule has 0 saturated heterocycles. The van der Waals surface area contributed by atoms with Gasteiger partial charge in [-0.05, 0) is 111 Å². The van der Waals surface area contributed by atoms with Crippen LogP contribution in [0.1, 0.15) is 99.8 Å². The highest BCUT2D eigenvalue weighted by Gasteiger charge is 2.22. The van der Waals surface area contributed by atoms with E-state index in [1.165, 1.54) is 55.2 Å². The number of benzene rings is 3. The summed E-state index contributed by atoms with van der Waals surface area (Å²) in [6, 6.07) is 20.7. The molecule has 0 radical (unpaired) electrons. The maximum Gasteiger partial charge on any atom is 0.166 e. The van der Waals surface area contributed by atoms with E-state index in [2.05, 4.69) is 50.3 Å². The van der Waals surface area contributed by atoms with Crippen molar-refractivity contribution in [3.8, 4) is 11.1 Å². The molecular weight excluding hydrogens is 470 g/mol. The molecule has 0 amide bonds. The van der Waals surface area contributed by atoms with Gasteiger partial charge in [0.25, 0.3) is 0 Å². The minimum atomic E-state index is -0.728. The fraction of sp³-hybridized carbons (Fsp3) is 0.444. The molecule has 2 heteroatoms. The van der Waals surface area contributed by atoms with E-state index in [1.807, 2.05) is 24.3 Å². The normalized spacial score (nSPS) is 17.8. The molecule has 0 atom stereocenters. The van der Waals surface area contributed by atoms with Crippen LogP contribution in [0.2, 0.25) is 0 Å².